The van der Waals surface area contributed by atoms with E-state index < -0.39 is 22.0 Å². The Kier molecular flexibility index (Phi) is 7.02. The largest absolute Gasteiger partial charge is 0.497 e. The molecule has 3 aromatic carbocycles. The van der Waals surface area contributed by atoms with Gasteiger partial charge in [0.1, 0.15) is 11.8 Å². The van der Waals surface area contributed by atoms with E-state index in [9.17, 15) is 18.0 Å². The number of nitrogens with one attached hydrogen (secondary N) is 1. The smallest absolute Gasteiger partial charge is 0.243 e. The Bertz CT molecular complexity index is 1310. The van der Waals surface area contributed by atoms with Gasteiger partial charge in [-0.25, -0.2) is 8.42 Å². The molecule has 1 saturated heterocycles. The van der Waals surface area contributed by atoms with Crippen molar-refractivity contribution >= 4 is 39.0 Å². The maximum atomic E-state index is 13.2. The van der Waals surface area contributed by atoms with Crippen molar-refractivity contribution in [2.45, 2.75) is 23.8 Å². The van der Waals surface area contributed by atoms with E-state index in [2.05, 4.69) is 5.32 Å². The maximum Gasteiger partial charge on any atom is 0.243 e. The van der Waals surface area contributed by atoms with Gasteiger partial charge in [0.15, 0.2) is 5.78 Å². The molecule has 0 saturated carbocycles. The molecule has 0 spiro atoms. The standard InChI is InChI=1S/C25H23ClN2O5S/c1-33-19-10-12-20(13-11-19)34(31,32)28-15-5-8-23(28)25(30)27-22-14-9-18(26)16-21(22)24(29)17-6-3-2-4-7-17/h2-4,6-7,9-14,16,23H,5,8,15H2,1H3,(H,27,30). The number of halogens is 1. The number of hydrogen-bond acceptors (Lipinski definition) is 5. The quantitative estimate of drug-likeness (QED) is 0.488. The predicted octanol–water partition coefficient (Wildman–Crippen LogP) is 4.37. The lowest BCUT2D eigenvalue weighted by Gasteiger charge is -2.24. The lowest BCUT2D eigenvalue weighted by Crippen LogP contribution is -2.43. The van der Waals surface area contributed by atoms with Gasteiger partial charge in [-0.3, -0.25) is 9.59 Å². The van der Waals surface area contributed by atoms with Crippen molar-refractivity contribution < 1.29 is 22.7 Å². The van der Waals surface area contributed by atoms with Gasteiger partial charge in [0.25, 0.3) is 0 Å². The van der Waals surface area contributed by atoms with E-state index in [1.165, 1.54) is 29.6 Å². The fourth-order valence-corrected chi connectivity index (χ4v) is 5.78. The normalized spacial score (nSPS) is 16.2. The molecule has 176 valence electrons. The summed E-state index contributed by atoms with van der Waals surface area (Å²) in [6.45, 7) is 0.225. The third-order valence-corrected chi connectivity index (χ3v) is 7.85. The molecule has 1 aliphatic heterocycles. The second-order valence-corrected chi connectivity index (χ2v) is 10.2. The van der Waals surface area contributed by atoms with Gasteiger partial charge >= 0.3 is 0 Å². The molecule has 3 aromatic rings. The van der Waals surface area contributed by atoms with E-state index in [0.29, 0.717) is 29.2 Å². The molecular formula is C25H23ClN2O5S. The van der Waals surface area contributed by atoms with Gasteiger partial charge in [-0.05, 0) is 55.3 Å². The molecule has 34 heavy (non-hydrogen) atoms. The zero-order chi connectivity index (χ0) is 24.3. The van der Waals surface area contributed by atoms with Crippen molar-refractivity contribution in [3.8, 4) is 5.75 Å². The number of methoxy groups -OCH3 is 1. The summed E-state index contributed by atoms with van der Waals surface area (Å²) in [5, 5.41) is 3.11. The fraction of sp³-hybridized carbons (Fsp3) is 0.200. The van der Waals surface area contributed by atoms with Gasteiger partial charge in [-0.1, -0.05) is 41.9 Å². The number of benzene rings is 3. The molecule has 1 amide bonds. The molecule has 0 aliphatic carbocycles. The molecule has 1 unspecified atom stereocenters. The first-order valence-electron chi connectivity index (χ1n) is 10.7. The van der Waals surface area contributed by atoms with E-state index in [-0.39, 0.29) is 28.5 Å². The van der Waals surface area contributed by atoms with Gasteiger partial charge in [0.2, 0.25) is 15.9 Å². The van der Waals surface area contributed by atoms with Crippen LogP contribution >= 0.6 is 11.6 Å². The molecular weight excluding hydrogens is 476 g/mol. The number of ketones is 1. The minimum atomic E-state index is -3.90. The summed E-state index contributed by atoms with van der Waals surface area (Å²) in [5.41, 5.74) is 0.955. The number of rotatable bonds is 7. The van der Waals surface area contributed by atoms with Crippen LogP contribution in [-0.2, 0) is 14.8 Å². The number of carbonyl (C=O) groups excluding carboxylic acids is 2. The lowest BCUT2D eigenvalue weighted by atomic mass is 10.0. The van der Waals surface area contributed by atoms with Crippen LogP contribution in [0.25, 0.3) is 0 Å². The number of nitrogens with zero attached hydrogens (tertiary/aromatic N) is 1. The summed E-state index contributed by atoms with van der Waals surface area (Å²) in [6, 6.07) is 18.4. The number of amides is 1. The Morgan fingerprint density at radius 1 is 1.03 bits per heavy atom. The molecule has 0 bridgehead atoms. The highest BCUT2D eigenvalue weighted by Gasteiger charge is 2.39. The van der Waals surface area contributed by atoms with Crippen LogP contribution in [0.15, 0.2) is 77.7 Å². The average molecular weight is 499 g/mol. The molecule has 1 N–H and O–H groups in total. The summed E-state index contributed by atoms with van der Waals surface area (Å²) in [5.74, 6) is -0.264. The van der Waals surface area contributed by atoms with Gasteiger partial charge < -0.3 is 10.1 Å². The number of sulfonamides is 1. The van der Waals surface area contributed by atoms with Gasteiger partial charge in [0, 0.05) is 22.7 Å². The summed E-state index contributed by atoms with van der Waals surface area (Å²) in [7, 11) is -2.40. The van der Waals surface area contributed by atoms with E-state index >= 15 is 0 Å². The fourth-order valence-electron chi connectivity index (χ4n) is 3.95. The minimum Gasteiger partial charge on any atom is -0.497 e. The molecule has 9 heteroatoms. The van der Waals surface area contributed by atoms with E-state index in [0.717, 1.165) is 0 Å². The van der Waals surface area contributed by atoms with Crippen molar-refractivity contribution in [1.82, 2.24) is 4.31 Å². The first-order chi connectivity index (χ1) is 16.3. The SMILES string of the molecule is COc1ccc(S(=O)(=O)N2CCCC2C(=O)Nc2ccc(Cl)cc2C(=O)c2ccccc2)cc1. The van der Waals surface area contributed by atoms with Crippen LogP contribution < -0.4 is 10.1 Å². The third-order valence-electron chi connectivity index (χ3n) is 5.69. The van der Waals surface area contributed by atoms with Crippen molar-refractivity contribution in [3.05, 3.63) is 88.9 Å². The molecule has 7 nitrogen and oxygen atoms in total. The highest BCUT2D eigenvalue weighted by atomic mass is 35.5. The first-order valence-corrected chi connectivity index (χ1v) is 12.5. The van der Waals surface area contributed by atoms with Crippen LogP contribution in [0.2, 0.25) is 5.02 Å². The second kappa shape index (κ2) is 9.97. The summed E-state index contributed by atoms with van der Waals surface area (Å²) in [4.78, 5) is 26.4. The Hall–Kier alpha value is -3.20. The molecule has 1 fully saturated rings. The highest BCUT2D eigenvalue weighted by molar-refractivity contribution is 7.89. The van der Waals surface area contributed by atoms with E-state index in [4.69, 9.17) is 16.3 Å². The van der Waals surface area contributed by atoms with Crippen LogP contribution in [-0.4, -0.2) is 44.1 Å². The summed E-state index contributed by atoms with van der Waals surface area (Å²) < 4.78 is 32.8. The Morgan fingerprint density at radius 3 is 2.41 bits per heavy atom. The maximum absolute atomic E-state index is 13.2. The van der Waals surface area contributed by atoms with E-state index in [1.807, 2.05) is 0 Å². The van der Waals surface area contributed by atoms with Gasteiger partial charge in [0.05, 0.1) is 17.7 Å². The summed E-state index contributed by atoms with van der Waals surface area (Å²) in [6.07, 6.45) is 0.917. The minimum absolute atomic E-state index is 0.0828. The van der Waals surface area contributed by atoms with Crippen molar-refractivity contribution in [3.63, 3.8) is 0 Å². The summed E-state index contributed by atoms with van der Waals surface area (Å²) >= 11 is 6.12. The van der Waals surface area contributed by atoms with Crippen molar-refractivity contribution in [1.29, 1.82) is 0 Å². The topological polar surface area (TPSA) is 92.8 Å². The molecule has 1 aliphatic rings. The number of anilines is 1. The third kappa shape index (κ3) is 4.84. The monoisotopic (exact) mass is 498 g/mol. The molecule has 0 aromatic heterocycles. The lowest BCUT2D eigenvalue weighted by molar-refractivity contribution is -0.119. The Morgan fingerprint density at radius 2 is 1.74 bits per heavy atom. The number of ether oxygens (including phenoxy) is 1. The van der Waals surface area contributed by atoms with Crippen LogP contribution in [0, 0.1) is 0 Å². The van der Waals surface area contributed by atoms with Crippen LogP contribution in [0.3, 0.4) is 0 Å². The van der Waals surface area contributed by atoms with Gasteiger partial charge in [-0.2, -0.15) is 4.31 Å². The Balaban J connectivity index is 1.59. The van der Waals surface area contributed by atoms with Crippen LogP contribution in [0.5, 0.6) is 5.75 Å². The van der Waals surface area contributed by atoms with Crippen LogP contribution in [0.4, 0.5) is 5.69 Å². The van der Waals surface area contributed by atoms with Crippen molar-refractivity contribution in [2.75, 3.05) is 19.0 Å². The highest BCUT2D eigenvalue weighted by Crippen LogP contribution is 2.29. The van der Waals surface area contributed by atoms with Crippen LogP contribution in [0.1, 0.15) is 28.8 Å². The predicted molar refractivity (Wildman–Crippen MR) is 130 cm³/mol. The molecule has 0 radical (unpaired) electrons. The first kappa shape index (κ1) is 23.9. The Labute approximate surface area is 203 Å². The van der Waals surface area contributed by atoms with Crippen molar-refractivity contribution in [2.24, 2.45) is 0 Å². The molecule has 1 heterocycles. The number of carbonyl (C=O) groups is 2. The number of hydrogen-bond donors (Lipinski definition) is 1. The molecule has 4 rings (SSSR count). The second-order valence-electron chi connectivity index (χ2n) is 7.82. The zero-order valence-electron chi connectivity index (χ0n) is 18.4. The molecule has 1 atom stereocenters. The van der Waals surface area contributed by atoms with Gasteiger partial charge in [-0.15, -0.1) is 0 Å². The average Bonchev–Trinajstić information content (AvgIpc) is 3.36. The zero-order valence-corrected chi connectivity index (χ0v) is 20.0. The van der Waals surface area contributed by atoms with E-state index in [1.54, 1.807) is 54.6 Å².